The minimum absolute atomic E-state index is 0.174. The Morgan fingerprint density at radius 1 is 1.80 bits per heavy atom. The smallest absolute Gasteiger partial charge is 0.265 e. The second kappa shape index (κ2) is 2.40. The van der Waals surface area contributed by atoms with E-state index >= 15 is 0 Å². The lowest BCUT2D eigenvalue weighted by Crippen LogP contribution is -2.41. The van der Waals surface area contributed by atoms with Crippen molar-refractivity contribution in [2.45, 2.75) is 13.2 Å². The number of nitrogens with two attached hydrogens (primary N) is 1. The summed E-state index contributed by atoms with van der Waals surface area (Å²) in [6.45, 7) is 1.71. The molecule has 1 unspecified atom stereocenters. The van der Waals surface area contributed by atoms with Gasteiger partial charge in [-0.3, -0.25) is 4.79 Å². The van der Waals surface area contributed by atoms with Gasteiger partial charge in [-0.25, -0.2) is 10.9 Å². The summed E-state index contributed by atoms with van der Waals surface area (Å²) in [5.41, 5.74) is 0.634. The first-order chi connectivity index (χ1) is 4.66. The fourth-order valence-electron chi connectivity index (χ4n) is 0.866. The van der Waals surface area contributed by atoms with E-state index < -0.39 is 0 Å². The number of hydrazine groups is 1. The summed E-state index contributed by atoms with van der Waals surface area (Å²) in [6.07, 6.45) is 1.30. The normalized spacial score (nSPS) is 25.5. The topological polar surface area (TPSA) is 55.6 Å². The number of methoxy groups -OCH3 is 1. The Hall–Kier alpha value is -0.870. The maximum Gasteiger partial charge on any atom is 0.265 e. The van der Waals surface area contributed by atoms with E-state index in [0.29, 0.717) is 5.57 Å². The number of amides is 1. The van der Waals surface area contributed by atoms with E-state index in [1.165, 1.54) is 7.11 Å². The minimum Gasteiger partial charge on any atom is -0.356 e. The van der Waals surface area contributed by atoms with Crippen molar-refractivity contribution in [3.8, 4) is 0 Å². The first-order valence-electron chi connectivity index (χ1n) is 2.96. The lowest BCUT2D eigenvalue weighted by Gasteiger charge is -2.16. The molecule has 4 nitrogen and oxygen atoms in total. The number of ether oxygens (including phenoxy) is 1. The number of carbonyl (C=O) groups excluding carboxylic acids is 1. The SMILES string of the molecule is COC1C=C(C)C(=O)N1N. The van der Waals surface area contributed by atoms with E-state index in [0.717, 1.165) is 5.01 Å². The van der Waals surface area contributed by atoms with Crippen LogP contribution in [0.4, 0.5) is 0 Å². The van der Waals surface area contributed by atoms with Crippen molar-refractivity contribution in [2.24, 2.45) is 5.84 Å². The highest BCUT2D eigenvalue weighted by molar-refractivity contribution is 5.95. The predicted octanol–water partition coefficient (Wildman–Crippen LogP) is -0.379. The molecule has 0 bridgehead atoms. The molecule has 10 heavy (non-hydrogen) atoms. The van der Waals surface area contributed by atoms with Crippen LogP contribution in [0, 0.1) is 0 Å². The van der Waals surface area contributed by atoms with Crippen molar-refractivity contribution in [3.05, 3.63) is 11.6 Å². The largest absolute Gasteiger partial charge is 0.356 e. The first kappa shape index (κ1) is 7.24. The summed E-state index contributed by atoms with van der Waals surface area (Å²) >= 11 is 0. The molecule has 0 aromatic rings. The lowest BCUT2D eigenvalue weighted by molar-refractivity contribution is -0.133. The van der Waals surface area contributed by atoms with Crippen LogP contribution in [-0.4, -0.2) is 24.3 Å². The van der Waals surface area contributed by atoms with E-state index in [2.05, 4.69) is 0 Å². The highest BCUT2D eigenvalue weighted by Crippen LogP contribution is 2.13. The fraction of sp³-hybridized carbons (Fsp3) is 0.500. The highest BCUT2D eigenvalue weighted by atomic mass is 16.5. The van der Waals surface area contributed by atoms with E-state index in [9.17, 15) is 4.79 Å². The number of rotatable bonds is 1. The van der Waals surface area contributed by atoms with Gasteiger partial charge in [0.05, 0.1) is 0 Å². The molecule has 0 spiro atoms. The molecule has 56 valence electrons. The maximum atomic E-state index is 10.9. The Labute approximate surface area is 59.2 Å². The molecule has 0 aliphatic carbocycles. The third-order valence-corrected chi connectivity index (χ3v) is 1.48. The summed E-state index contributed by atoms with van der Waals surface area (Å²) in [5, 5.41) is 1.06. The van der Waals surface area contributed by atoms with Gasteiger partial charge in [-0.1, -0.05) is 0 Å². The molecule has 1 atom stereocenters. The van der Waals surface area contributed by atoms with Crippen LogP contribution in [-0.2, 0) is 9.53 Å². The van der Waals surface area contributed by atoms with Gasteiger partial charge < -0.3 is 4.74 Å². The molecule has 1 aliphatic rings. The van der Waals surface area contributed by atoms with Crippen LogP contribution in [0.2, 0.25) is 0 Å². The van der Waals surface area contributed by atoms with Crippen molar-refractivity contribution in [2.75, 3.05) is 7.11 Å². The van der Waals surface area contributed by atoms with Gasteiger partial charge in [0.2, 0.25) is 0 Å². The van der Waals surface area contributed by atoms with E-state index in [4.69, 9.17) is 10.6 Å². The monoisotopic (exact) mass is 142 g/mol. The molecule has 0 aromatic carbocycles. The van der Waals surface area contributed by atoms with Crippen LogP contribution in [0.5, 0.6) is 0 Å². The Balaban J connectivity index is 2.76. The molecule has 1 amide bonds. The zero-order chi connectivity index (χ0) is 7.72. The van der Waals surface area contributed by atoms with E-state index in [1.807, 2.05) is 0 Å². The van der Waals surface area contributed by atoms with Gasteiger partial charge in [0, 0.05) is 12.7 Å². The first-order valence-corrected chi connectivity index (χ1v) is 2.96. The van der Waals surface area contributed by atoms with Gasteiger partial charge >= 0.3 is 0 Å². The molecule has 4 heteroatoms. The Morgan fingerprint density at radius 3 is 2.60 bits per heavy atom. The highest BCUT2D eigenvalue weighted by Gasteiger charge is 2.26. The summed E-state index contributed by atoms with van der Waals surface area (Å²) in [5.74, 6) is 5.16. The van der Waals surface area contributed by atoms with Gasteiger partial charge in [-0.05, 0) is 13.0 Å². The molecule has 0 aromatic heterocycles. The third-order valence-electron chi connectivity index (χ3n) is 1.48. The second-order valence-electron chi connectivity index (χ2n) is 2.19. The molecule has 1 heterocycles. The molecule has 1 rings (SSSR count). The van der Waals surface area contributed by atoms with Crippen molar-refractivity contribution in [1.29, 1.82) is 0 Å². The zero-order valence-electron chi connectivity index (χ0n) is 6.00. The van der Waals surface area contributed by atoms with Crippen LogP contribution in [0.3, 0.4) is 0 Å². The summed E-state index contributed by atoms with van der Waals surface area (Å²) < 4.78 is 4.87. The standard InChI is InChI=1S/C6H10N2O2/c1-4-3-5(10-2)8(7)6(4)9/h3,5H,7H2,1-2H3. The fourth-order valence-corrected chi connectivity index (χ4v) is 0.866. The van der Waals surface area contributed by atoms with Crippen LogP contribution in [0.1, 0.15) is 6.92 Å². The average Bonchev–Trinajstić information content (AvgIpc) is 2.17. The second-order valence-corrected chi connectivity index (χ2v) is 2.19. The maximum absolute atomic E-state index is 10.9. The van der Waals surface area contributed by atoms with Gasteiger partial charge in [-0.15, -0.1) is 0 Å². The summed E-state index contributed by atoms with van der Waals surface area (Å²) in [6, 6.07) is 0. The van der Waals surface area contributed by atoms with Gasteiger partial charge in [-0.2, -0.15) is 0 Å². The minimum atomic E-state index is -0.382. The number of nitrogens with zero attached hydrogens (tertiary/aromatic N) is 1. The molecule has 1 aliphatic heterocycles. The Kier molecular flexibility index (Phi) is 1.74. The summed E-state index contributed by atoms with van der Waals surface area (Å²) in [4.78, 5) is 10.9. The quantitative estimate of drug-likeness (QED) is 0.401. The molecule has 0 saturated carbocycles. The number of carbonyl (C=O) groups is 1. The molecule has 0 fully saturated rings. The molecular weight excluding hydrogens is 132 g/mol. The Bertz CT molecular complexity index is 188. The van der Waals surface area contributed by atoms with Crippen molar-refractivity contribution in [3.63, 3.8) is 0 Å². The van der Waals surface area contributed by atoms with Gasteiger partial charge in [0.25, 0.3) is 5.91 Å². The van der Waals surface area contributed by atoms with Crippen LogP contribution >= 0.6 is 0 Å². The summed E-state index contributed by atoms with van der Waals surface area (Å²) in [7, 11) is 1.51. The van der Waals surface area contributed by atoms with Crippen molar-refractivity contribution in [1.82, 2.24) is 5.01 Å². The number of hydrogen-bond donors (Lipinski definition) is 1. The molecule has 0 saturated heterocycles. The molecule has 0 radical (unpaired) electrons. The Morgan fingerprint density at radius 2 is 2.40 bits per heavy atom. The lowest BCUT2D eigenvalue weighted by atomic mass is 10.3. The number of hydrogen-bond acceptors (Lipinski definition) is 3. The molecule has 2 N–H and O–H groups in total. The van der Waals surface area contributed by atoms with Crippen LogP contribution in [0.15, 0.2) is 11.6 Å². The van der Waals surface area contributed by atoms with Crippen molar-refractivity contribution >= 4 is 5.91 Å². The van der Waals surface area contributed by atoms with Crippen LogP contribution < -0.4 is 5.84 Å². The van der Waals surface area contributed by atoms with Gasteiger partial charge in [0.15, 0.2) is 6.23 Å². The molecular formula is C6H10N2O2. The predicted molar refractivity (Wildman–Crippen MR) is 35.6 cm³/mol. The van der Waals surface area contributed by atoms with Gasteiger partial charge in [0.1, 0.15) is 0 Å². The average molecular weight is 142 g/mol. The van der Waals surface area contributed by atoms with Crippen LogP contribution in [0.25, 0.3) is 0 Å². The van der Waals surface area contributed by atoms with Crippen molar-refractivity contribution < 1.29 is 9.53 Å². The zero-order valence-corrected chi connectivity index (χ0v) is 6.00. The van der Waals surface area contributed by atoms with E-state index in [-0.39, 0.29) is 12.1 Å². The van der Waals surface area contributed by atoms with E-state index in [1.54, 1.807) is 13.0 Å². The third kappa shape index (κ3) is 0.913.